The number of ether oxygens (including phenoxy) is 2. The van der Waals surface area contributed by atoms with Gasteiger partial charge in [-0.1, -0.05) is 24.3 Å². The van der Waals surface area contributed by atoms with E-state index in [9.17, 15) is 9.90 Å². The van der Waals surface area contributed by atoms with E-state index in [1.807, 2.05) is 53.4 Å². The van der Waals surface area contributed by atoms with Crippen LogP contribution in [0.2, 0.25) is 0 Å². The highest BCUT2D eigenvalue weighted by Gasteiger charge is 2.56. The monoisotopic (exact) mass is 367 g/mol. The van der Waals surface area contributed by atoms with Gasteiger partial charge in [-0.05, 0) is 43.2 Å². The van der Waals surface area contributed by atoms with Crippen LogP contribution in [0, 0.1) is 5.41 Å². The Hall–Kier alpha value is -2.37. The molecule has 2 aromatic carbocycles. The van der Waals surface area contributed by atoms with Crippen LogP contribution in [0.3, 0.4) is 0 Å². The molecule has 1 saturated carbocycles. The highest BCUT2D eigenvalue weighted by atomic mass is 16.5. The summed E-state index contributed by atoms with van der Waals surface area (Å²) in [5.74, 6) is 1.40. The van der Waals surface area contributed by atoms with E-state index in [1.54, 1.807) is 13.2 Å². The van der Waals surface area contributed by atoms with Gasteiger partial charge in [-0.15, -0.1) is 0 Å². The summed E-state index contributed by atoms with van der Waals surface area (Å²) >= 11 is 0. The first-order valence-corrected chi connectivity index (χ1v) is 9.45. The first-order chi connectivity index (χ1) is 13.1. The summed E-state index contributed by atoms with van der Waals surface area (Å²) < 4.78 is 11.4. The van der Waals surface area contributed by atoms with Gasteiger partial charge in [-0.3, -0.25) is 4.79 Å². The number of para-hydroxylation sites is 1. The molecule has 2 atom stereocenters. The largest absolute Gasteiger partial charge is 0.457 e. The SMILES string of the molecule is CO[C@@H]1C[C@H](O)C12CCN(C(=O)c1cccc(Oc3ccccc3)c1)CC2. The summed E-state index contributed by atoms with van der Waals surface area (Å²) in [7, 11) is 1.70. The van der Waals surface area contributed by atoms with Gasteiger partial charge in [-0.25, -0.2) is 0 Å². The summed E-state index contributed by atoms with van der Waals surface area (Å²) in [6, 6.07) is 16.8. The van der Waals surface area contributed by atoms with E-state index in [0.29, 0.717) is 30.8 Å². The minimum atomic E-state index is -0.317. The Morgan fingerprint density at radius 1 is 1.07 bits per heavy atom. The molecule has 142 valence electrons. The lowest BCUT2D eigenvalue weighted by Gasteiger charge is -2.56. The van der Waals surface area contributed by atoms with Crippen LogP contribution >= 0.6 is 0 Å². The van der Waals surface area contributed by atoms with E-state index in [0.717, 1.165) is 18.6 Å². The van der Waals surface area contributed by atoms with Crippen LogP contribution in [0.1, 0.15) is 29.6 Å². The summed E-state index contributed by atoms with van der Waals surface area (Å²) in [5, 5.41) is 10.2. The van der Waals surface area contributed by atoms with Crippen molar-refractivity contribution in [1.82, 2.24) is 4.90 Å². The molecule has 1 heterocycles. The molecule has 1 saturated heterocycles. The summed E-state index contributed by atoms with van der Waals surface area (Å²) in [6.07, 6.45) is 2.04. The molecule has 27 heavy (non-hydrogen) atoms. The van der Waals surface area contributed by atoms with Crippen molar-refractivity contribution in [3.05, 3.63) is 60.2 Å². The molecule has 5 nitrogen and oxygen atoms in total. The molecule has 1 aliphatic carbocycles. The predicted octanol–water partition coefficient (Wildman–Crippen LogP) is 3.48. The van der Waals surface area contributed by atoms with Crippen molar-refractivity contribution < 1.29 is 19.4 Å². The van der Waals surface area contributed by atoms with Gasteiger partial charge in [0.05, 0.1) is 12.2 Å². The number of nitrogens with zero attached hydrogens (tertiary/aromatic N) is 1. The Morgan fingerprint density at radius 3 is 2.44 bits per heavy atom. The zero-order valence-electron chi connectivity index (χ0n) is 15.5. The minimum Gasteiger partial charge on any atom is -0.457 e. The van der Waals surface area contributed by atoms with Crippen LogP contribution in [-0.4, -0.2) is 48.3 Å². The van der Waals surface area contributed by atoms with Gasteiger partial charge in [0.2, 0.25) is 0 Å². The predicted molar refractivity (Wildman–Crippen MR) is 102 cm³/mol. The number of benzene rings is 2. The molecule has 0 radical (unpaired) electrons. The van der Waals surface area contributed by atoms with Crippen molar-refractivity contribution in [3.8, 4) is 11.5 Å². The lowest BCUT2D eigenvalue weighted by atomic mass is 9.58. The van der Waals surface area contributed by atoms with Gasteiger partial charge in [0, 0.05) is 37.6 Å². The molecule has 0 unspecified atom stereocenters. The topological polar surface area (TPSA) is 59.0 Å². The number of methoxy groups -OCH3 is 1. The van der Waals surface area contributed by atoms with E-state index in [4.69, 9.17) is 9.47 Å². The van der Waals surface area contributed by atoms with Crippen LogP contribution in [0.15, 0.2) is 54.6 Å². The second kappa shape index (κ2) is 7.33. The Bertz CT molecular complexity index is 799. The molecular formula is C22H25NO4. The molecule has 1 amide bonds. The first kappa shape index (κ1) is 18.0. The zero-order valence-corrected chi connectivity index (χ0v) is 15.5. The first-order valence-electron chi connectivity index (χ1n) is 9.45. The number of aliphatic hydroxyl groups excluding tert-OH is 1. The maximum Gasteiger partial charge on any atom is 0.253 e. The van der Waals surface area contributed by atoms with E-state index in [1.165, 1.54) is 0 Å². The fourth-order valence-corrected chi connectivity index (χ4v) is 4.34. The maximum absolute atomic E-state index is 12.9. The lowest BCUT2D eigenvalue weighted by molar-refractivity contribution is -0.199. The molecule has 2 aromatic rings. The Labute approximate surface area is 159 Å². The Balaban J connectivity index is 1.42. The highest BCUT2D eigenvalue weighted by molar-refractivity contribution is 5.94. The normalized spacial score (nSPS) is 23.7. The molecule has 2 fully saturated rings. The van der Waals surface area contributed by atoms with Gasteiger partial charge in [-0.2, -0.15) is 0 Å². The number of aliphatic hydroxyl groups is 1. The summed E-state index contributed by atoms with van der Waals surface area (Å²) in [4.78, 5) is 14.8. The van der Waals surface area contributed by atoms with Crippen molar-refractivity contribution in [1.29, 1.82) is 0 Å². The second-order valence-electron chi connectivity index (χ2n) is 7.44. The Morgan fingerprint density at radius 2 is 1.78 bits per heavy atom. The van der Waals surface area contributed by atoms with Crippen LogP contribution in [-0.2, 0) is 4.74 Å². The van der Waals surface area contributed by atoms with Crippen molar-refractivity contribution >= 4 is 5.91 Å². The van der Waals surface area contributed by atoms with Crippen LogP contribution in [0.5, 0.6) is 11.5 Å². The number of hydrogen-bond acceptors (Lipinski definition) is 4. The lowest BCUT2D eigenvalue weighted by Crippen LogP contribution is -2.62. The van der Waals surface area contributed by atoms with Crippen LogP contribution in [0.25, 0.3) is 0 Å². The third kappa shape index (κ3) is 3.33. The molecule has 5 heteroatoms. The van der Waals surface area contributed by atoms with Crippen LogP contribution < -0.4 is 4.74 Å². The number of carbonyl (C=O) groups excluding carboxylic acids is 1. The maximum atomic E-state index is 12.9. The number of hydrogen-bond donors (Lipinski definition) is 1. The average Bonchev–Trinajstić information content (AvgIpc) is 2.72. The van der Waals surface area contributed by atoms with Crippen molar-refractivity contribution in [2.45, 2.75) is 31.5 Å². The molecule has 1 spiro atoms. The minimum absolute atomic E-state index is 0.00569. The Kier molecular flexibility index (Phi) is 4.89. The van der Waals surface area contributed by atoms with Gasteiger partial charge in [0.15, 0.2) is 0 Å². The van der Waals surface area contributed by atoms with Crippen LogP contribution in [0.4, 0.5) is 0 Å². The van der Waals surface area contributed by atoms with E-state index >= 15 is 0 Å². The third-order valence-corrected chi connectivity index (χ3v) is 6.07. The molecule has 4 rings (SSSR count). The van der Waals surface area contributed by atoms with Crippen molar-refractivity contribution in [3.63, 3.8) is 0 Å². The zero-order chi connectivity index (χ0) is 18.9. The molecule has 2 aliphatic rings. The second-order valence-corrected chi connectivity index (χ2v) is 7.44. The molecular weight excluding hydrogens is 342 g/mol. The number of piperidine rings is 1. The number of likely N-dealkylation sites (tertiary alicyclic amines) is 1. The number of amides is 1. The quantitative estimate of drug-likeness (QED) is 0.899. The fraction of sp³-hybridized carbons (Fsp3) is 0.409. The standard InChI is InChI=1S/C22H25NO4/c1-26-20-15-19(24)22(20)10-12-23(13-11-22)21(25)16-6-5-9-18(14-16)27-17-7-3-2-4-8-17/h2-9,14,19-20,24H,10-13,15H2,1H3/t19-,20+/m0/s1. The highest BCUT2D eigenvalue weighted by Crippen LogP contribution is 2.50. The molecule has 1 N–H and O–H groups in total. The van der Waals surface area contributed by atoms with Crippen molar-refractivity contribution in [2.24, 2.45) is 5.41 Å². The average molecular weight is 367 g/mol. The van der Waals surface area contributed by atoms with Gasteiger partial charge in [0.25, 0.3) is 5.91 Å². The smallest absolute Gasteiger partial charge is 0.253 e. The van der Waals surface area contributed by atoms with Gasteiger partial charge >= 0.3 is 0 Å². The fourth-order valence-electron chi connectivity index (χ4n) is 4.34. The molecule has 0 bridgehead atoms. The van der Waals surface area contributed by atoms with Gasteiger partial charge in [0.1, 0.15) is 11.5 Å². The summed E-state index contributed by atoms with van der Waals surface area (Å²) in [5.41, 5.74) is 0.445. The van der Waals surface area contributed by atoms with Gasteiger partial charge < -0.3 is 19.5 Å². The molecule has 0 aromatic heterocycles. The number of carbonyl (C=O) groups is 1. The van der Waals surface area contributed by atoms with Crippen molar-refractivity contribution in [2.75, 3.05) is 20.2 Å². The van der Waals surface area contributed by atoms with E-state index in [2.05, 4.69) is 0 Å². The van der Waals surface area contributed by atoms with E-state index in [-0.39, 0.29) is 23.5 Å². The molecule has 1 aliphatic heterocycles. The third-order valence-electron chi connectivity index (χ3n) is 6.07. The number of rotatable bonds is 4. The van der Waals surface area contributed by atoms with E-state index < -0.39 is 0 Å². The summed E-state index contributed by atoms with van der Waals surface area (Å²) in [6.45, 7) is 1.28.